The zero-order valence-corrected chi connectivity index (χ0v) is 10.9. The Morgan fingerprint density at radius 2 is 2.15 bits per heavy atom. The molecule has 1 atom stereocenters. The van der Waals surface area contributed by atoms with E-state index in [1.165, 1.54) is 12.3 Å². The average Bonchev–Trinajstić information content (AvgIpc) is 3.17. The number of hydrogen-bond donors (Lipinski definition) is 1. The van der Waals surface area contributed by atoms with Crippen LogP contribution in [-0.4, -0.2) is 23.7 Å². The van der Waals surface area contributed by atoms with Gasteiger partial charge in [0, 0.05) is 11.6 Å². The lowest BCUT2D eigenvalue weighted by Crippen LogP contribution is -2.29. The number of nitrogens with zero attached hydrogens (tertiary/aromatic N) is 1. The zero-order chi connectivity index (χ0) is 15.0. The Balaban J connectivity index is 2.03. The van der Waals surface area contributed by atoms with Gasteiger partial charge >= 0.3 is 6.18 Å². The summed E-state index contributed by atoms with van der Waals surface area (Å²) in [6.07, 6.45) is -1.71. The van der Waals surface area contributed by atoms with Crippen LogP contribution in [0.25, 0.3) is 0 Å². The monoisotopic (exact) mass is 288 g/mol. The number of nitrogens with two attached hydrogens (primary N) is 1. The van der Waals surface area contributed by atoms with Crippen LogP contribution in [0.5, 0.6) is 5.75 Å². The number of alkyl halides is 3. The number of halogens is 3. The first-order valence-corrected chi connectivity index (χ1v) is 6.20. The van der Waals surface area contributed by atoms with Gasteiger partial charge in [-0.1, -0.05) is 6.92 Å². The van der Waals surface area contributed by atoms with E-state index < -0.39 is 18.2 Å². The Morgan fingerprint density at radius 1 is 1.50 bits per heavy atom. The molecule has 0 aromatic carbocycles. The Labute approximate surface area is 114 Å². The SMILES string of the molecule is C[C@@H](c1ccc(OCC(F)(F)F)cn1)C1(C(N)=O)CC1. The van der Waals surface area contributed by atoms with E-state index in [1.54, 1.807) is 6.07 Å². The number of rotatable bonds is 5. The fourth-order valence-electron chi connectivity index (χ4n) is 2.21. The summed E-state index contributed by atoms with van der Waals surface area (Å²) in [5, 5.41) is 0. The van der Waals surface area contributed by atoms with Gasteiger partial charge in [-0.3, -0.25) is 9.78 Å². The van der Waals surface area contributed by atoms with Gasteiger partial charge < -0.3 is 10.5 Å². The van der Waals surface area contributed by atoms with Crippen molar-refractivity contribution in [1.29, 1.82) is 0 Å². The van der Waals surface area contributed by atoms with Crippen molar-refractivity contribution in [2.45, 2.75) is 31.9 Å². The Bertz CT molecular complexity index is 495. The average molecular weight is 288 g/mol. The molecule has 2 rings (SSSR count). The van der Waals surface area contributed by atoms with E-state index in [-0.39, 0.29) is 17.6 Å². The Hall–Kier alpha value is -1.79. The predicted molar refractivity (Wildman–Crippen MR) is 65.1 cm³/mol. The minimum atomic E-state index is -4.38. The third-order valence-electron chi connectivity index (χ3n) is 3.71. The lowest BCUT2D eigenvalue weighted by Gasteiger charge is -2.19. The number of carbonyl (C=O) groups is 1. The van der Waals surface area contributed by atoms with Crippen LogP contribution in [0, 0.1) is 5.41 Å². The molecule has 1 amide bonds. The van der Waals surface area contributed by atoms with Gasteiger partial charge in [-0.15, -0.1) is 0 Å². The summed E-state index contributed by atoms with van der Waals surface area (Å²) >= 11 is 0. The maximum absolute atomic E-state index is 12.0. The van der Waals surface area contributed by atoms with Crippen LogP contribution in [0.15, 0.2) is 18.3 Å². The molecule has 0 unspecified atom stereocenters. The van der Waals surface area contributed by atoms with Crippen LogP contribution in [0.4, 0.5) is 13.2 Å². The second kappa shape index (κ2) is 4.96. The van der Waals surface area contributed by atoms with Crippen LogP contribution in [0.1, 0.15) is 31.4 Å². The molecular formula is C13H15F3N2O2. The van der Waals surface area contributed by atoms with E-state index in [1.807, 2.05) is 6.92 Å². The van der Waals surface area contributed by atoms with Crippen molar-refractivity contribution in [2.24, 2.45) is 11.1 Å². The van der Waals surface area contributed by atoms with Crippen LogP contribution >= 0.6 is 0 Å². The first-order valence-electron chi connectivity index (χ1n) is 6.20. The fourth-order valence-corrected chi connectivity index (χ4v) is 2.21. The molecule has 1 saturated carbocycles. The van der Waals surface area contributed by atoms with Gasteiger partial charge in [-0.05, 0) is 25.0 Å². The van der Waals surface area contributed by atoms with E-state index >= 15 is 0 Å². The number of aromatic nitrogens is 1. The molecule has 1 heterocycles. The van der Waals surface area contributed by atoms with Crippen LogP contribution in [0.3, 0.4) is 0 Å². The van der Waals surface area contributed by atoms with Crippen LogP contribution in [-0.2, 0) is 4.79 Å². The Morgan fingerprint density at radius 3 is 2.55 bits per heavy atom. The highest BCUT2D eigenvalue weighted by Gasteiger charge is 2.53. The number of amides is 1. The van der Waals surface area contributed by atoms with Crippen molar-refractivity contribution in [3.63, 3.8) is 0 Å². The number of primary amides is 1. The molecule has 1 aliphatic carbocycles. The van der Waals surface area contributed by atoms with Crippen molar-refractivity contribution in [3.8, 4) is 5.75 Å². The van der Waals surface area contributed by atoms with E-state index in [9.17, 15) is 18.0 Å². The predicted octanol–water partition coefficient (Wildman–Crippen LogP) is 2.39. The third-order valence-corrected chi connectivity index (χ3v) is 3.71. The maximum atomic E-state index is 12.0. The van der Waals surface area contributed by atoms with E-state index in [4.69, 9.17) is 5.73 Å². The smallest absolute Gasteiger partial charge is 0.422 e. The lowest BCUT2D eigenvalue weighted by atomic mass is 9.87. The van der Waals surface area contributed by atoms with Crippen molar-refractivity contribution >= 4 is 5.91 Å². The minimum Gasteiger partial charge on any atom is -0.483 e. The first-order chi connectivity index (χ1) is 9.24. The molecule has 1 fully saturated rings. The van der Waals surface area contributed by atoms with E-state index in [0.717, 1.165) is 12.8 Å². The number of carbonyl (C=O) groups excluding carboxylic acids is 1. The Kier molecular flexibility index (Phi) is 3.62. The molecule has 1 aromatic rings. The molecule has 20 heavy (non-hydrogen) atoms. The number of pyridine rings is 1. The van der Waals surface area contributed by atoms with Crippen LogP contribution < -0.4 is 10.5 Å². The summed E-state index contributed by atoms with van der Waals surface area (Å²) in [6.45, 7) is 0.491. The van der Waals surface area contributed by atoms with Crippen LogP contribution in [0.2, 0.25) is 0 Å². The summed E-state index contributed by atoms with van der Waals surface area (Å²) in [4.78, 5) is 15.5. The van der Waals surface area contributed by atoms with Crippen molar-refractivity contribution in [3.05, 3.63) is 24.0 Å². The van der Waals surface area contributed by atoms with Gasteiger partial charge in [0.2, 0.25) is 5.91 Å². The molecule has 0 spiro atoms. The molecule has 4 nitrogen and oxygen atoms in total. The molecule has 1 aliphatic rings. The molecule has 0 radical (unpaired) electrons. The standard InChI is InChI=1S/C13H15F3N2O2/c1-8(12(4-5-12)11(17)19)10-3-2-9(6-18-10)20-7-13(14,15)16/h2-3,6,8H,4-5,7H2,1H3,(H2,17,19)/t8-/m0/s1. The van der Waals surface area contributed by atoms with E-state index in [2.05, 4.69) is 9.72 Å². The molecular weight excluding hydrogens is 273 g/mol. The van der Waals surface area contributed by atoms with Gasteiger partial charge in [-0.2, -0.15) is 13.2 Å². The highest BCUT2D eigenvalue weighted by Crippen LogP contribution is 2.55. The zero-order valence-electron chi connectivity index (χ0n) is 10.9. The molecule has 0 aliphatic heterocycles. The highest BCUT2D eigenvalue weighted by atomic mass is 19.4. The lowest BCUT2D eigenvalue weighted by molar-refractivity contribution is -0.153. The number of ether oxygens (including phenoxy) is 1. The van der Waals surface area contributed by atoms with Gasteiger partial charge in [0.1, 0.15) is 5.75 Å². The summed E-state index contributed by atoms with van der Waals surface area (Å²) in [5.41, 5.74) is 5.45. The quantitative estimate of drug-likeness (QED) is 0.904. The normalized spacial score (nSPS) is 18.4. The molecule has 0 bridgehead atoms. The van der Waals surface area contributed by atoms with Crippen molar-refractivity contribution in [2.75, 3.05) is 6.61 Å². The summed E-state index contributed by atoms with van der Waals surface area (Å²) in [7, 11) is 0. The minimum absolute atomic E-state index is 0.0437. The van der Waals surface area contributed by atoms with Gasteiger partial charge in [0.25, 0.3) is 0 Å². The second-order valence-electron chi connectivity index (χ2n) is 5.06. The number of hydrogen-bond acceptors (Lipinski definition) is 3. The molecule has 110 valence electrons. The molecule has 7 heteroatoms. The van der Waals surface area contributed by atoms with Crippen molar-refractivity contribution < 1.29 is 22.7 Å². The van der Waals surface area contributed by atoms with Gasteiger partial charge in [0.05, 0.1) is 11.6 Å². The highest BCUT2D eigenvalue weighted by molar-refractivity contribution is 5.84. The molecule has 2 N–H and O–H groups in total. The van der Waals surface area contributed by atoms with Gasteiger partial charge in [-0.25, -0.2) is 0 Å². The molecule has 1 aromatic heterocycles. The summed E-state index contributed by atoms with van der Waals surface area (Å²) in [5.74, 6) is -0.469. The summed E-state index contributed by atoms with van der Waals surface area (Å²) < 4.78 is 40.6. The topological polar surface area (TPSA) is 65.2 Å². The largest absolute Gasteiger partial charge is 0.483 e. The molecule has 0 saturated heterocycles. The third kappa shape index (κ3) is 3.02. The van der Waals surface area contributed by atoms with Gasteiger partial charge in [0.15, 0.2) is 6.61 Å². The summed E-state index contributed by atoms with van der Waals surface area (Å²) in [6, 6.07) is 2.99. The first kappa shape index (κ1) is 14.6. The van der Waals surface area contributed by atoms with Crippen molar-refractivity contribution in [1.82, 2.24) is 4.98 Å². The second-order valence-corrected chi connectivity index (χ2v) is 5.06. The maximum Gasteiger partial charge on any atom is 0.422 e. The fraction of sp³-hybridized carbons (Fsp3) is 0.538. The van der Waals surface area contributed by atoms with E-state index in [0.29, 0.717) is 5.69 Å².